The Morgan fingerprint density at radius 1 is 0.540 bits per heavy atom. The largest absolute Gasteiger partial charge is 0.456 e. The maximum atomic E-state index is 7.37. The smallest absolute Gasteiger partial charge is 0.323 e. The summed E-state index contributed by atoms with van der Waals surface area (Å²) in [6.07, 6.45) is 16.9. The maximum absolute atomic E-state index is 7.37. The molecule has 8 saturated carbocycles. The average Bonchev–Trinajstić information content (AvgIpc) is 3.77. The van der Waals surface area contributed by atoms with Gasteiger partial charge in [0.1, 0.15) is 33.8 Å². The van der Waals surface area contributed by atoms with Crippen molar-refractivity contribution in [1.82, 2.24) is 4.57 Å². The molecule has 8 fully saturated rings. The van der Waals surface area contributed by atoms with Crippen LogP contribution in [0.15, 0.2) is 97.1 Å². The first kappa shape index (κ1) is 33.1. The van der Waals surface area contributed by atoms with E-state index in [2.05, 4.69) is 130 Å². The number of rotatable bonds is 2. The van der Waals surface area contributed by atoms with Crippen molar-refractivity contribution in [1.29, 1.82) is 0 Å². The van der Waals surface area contributed by atoms with Crippen molar-refractivity contribution in [2.45, 2.75) is 113 Å². The number of anilines is 3. The fourth-order valence-electron chi connectivity index (χ4n) is 19.0. The molecule has 0 saturated heterocycles. The topological polar surface area (TPSA) is 25.2 Å². The third-order valence-electron chi connectivity index (χ3n) is 20.3. The molecule has 4 aromatic carbocycles. The van der Waals surface area contributed by atoms with E-state index in [0.717, 1.165) is 47.0 Å². The molecule has 13 aliphatic rings. The summed E-state index contributed by atoms with van der Waals surface area (Å²) < 4.78 is 15.8. The second-order valence-electron chi connectivity index (χ2n) is 23.8. The molecule has 5 aliphatic heterocycles. The van der Waals surface area contributed by atoms with E-state index in [9.17, 15) is 0 Å². The minimum absolute atomic E-state index is 0.205. The maximum Gasteiger partial charge on any atom is 0.323 e. The Morgan fingerprint density at radius 3 is 1.76 bits per heavy atom. The van der Waals surface area contributed by atoms with E-state index in [1.807, 2.05) is 0 Å². The van der Waals surface area contributed by atoms with E-state index in [4.69, 9.17) is 4.74 Å². The van der Waals surface area contributed by atoms with Crippen LogP contribution in [-0.2, 0) is 21.9 Å². The van der Waals surface area contributed by atoms with Gasteiger partial charge in [0.05, 0.1) is 0 Å². The first-order valence-corrected chi connectivity index (χ1v) is 24.8. The molecule has 3 aromatic heterocycles. The second kappa shape index (κ2) is 10.1. The molecule has 1 unspecified atom stereocenters. The molecule has 7 aromatic rings. The Kier molecular flexibility index (Phi) is 5.31. The highest BCUT2D eigenvalue weighted by atomic mass is 16.5. The molecule has 1 atom stereocenters. The summed E-state index contributed by atoms with van der Waals surface area (Å²) in [6.45, 7) is 4.93. The van der Waals surface area contributed by atoms with Crippen LogP contribution in [0.5, 0.6) is 11.5 Å². The number of aromatic nitrogens is 3. The van der Waals surface area contributed by atoms with Crippen molar-refractivity contribution in [3.63, 3.8) is 0 Å². The van der Waals surface area contributed by atoms with E-state index < -0.39 is 5.66 Å². The number of ether oxygens (including phenoxy) is 1. The number of hydrogen-bond donors (Lipinski definition) is 0. The molecular weight excluding hydrogens is 769 g/mol. The zero-order chi connectivity index (χ0) is 40.7. The normalized spacial score (nSPS) is 34.5. The summed E-state index contributed by atoms with van der Waals surface area (Å²) in [5.74, 6) is 9.93. The standard InChI is InChI=1S/C58H52N4O/c1-55(2)41-8-4-6-10-44(41)60-50-24-38(57-28-34-18-35(29-57)20-36(19-34)30-57)22-46-45-21-37(56-25-31-15-32(26-56)17-33(16-31)27-56)23-49-59-43-9-5-3-7-39(43)40-11-13-47-51(53(40)59)58(61(45)49,62(46)50)52-48(63-47)14-12-42(55)54(52)60/h3-14,21-24,31-36H,15-20,25-30H2,1-2H3/q+2. The van der Waals surface area contributed by atoms with Crippen LogP contribution in [0, 0.1) is 35.5 Å². The fourth-order valence-corrected chi connectivity index (χ4v) is 19.0. The van der Waals surface area contributed by atoms with Crippen LogP contribution in [0.4, 0.5) is 17.2 Å². The van der Waals surface area contributed by atoms with Gasteiger partial charge in [-0.1, -0.05) is 50.2 Å². The Bertz CT molecular complexity index is 3330. The van der Waals surface area contributed by atoms with Crippen molar-refractivity contribution >= 4 is 39.0 Å². The van der Waals surface area contributed by atoms with Gasteiger partial charge in [0.25, 0.3) is 11.6 Å². The van der Waals surface area contributed by atoms with Gasteiger partial charge in [-0.3, -0.25) is 0 Å². The van der Waals surface area contributed by atoms with Gasteiger partial charge in [-0.15, -0.1) is 0 Å². The molecule has 5 heteroatoms. The molecule has 0 amide bonds. The van der Waals surface area contributed by atoms with Gasteiger partial charge in [0.15, 0.2) is 22.6 Å². The number of fused-ring (bicyclic) bond motifs is 8. The predicted octanol–water partition coefficient (Wildman–Crippen LogP) is 12.4. The first-order valence-electron chi connectivity index (χ1n) is 24.8. The molecule has 308 valence electrons. The quantitative estimate of drug-likeness (QED) is 0.162. The summed E-state index contributed by atoms with van der Waals surface area (Å²) in [5.41, 5.74) is 16.4. The lowest BCUT2D eigenvalue weighted by atomic mass is 9.48. The molecule has 8 bridgehead atoms. The van der Waals surface area contributed by atoms with Gasteiger partial charge in [-0.2, -0.15) is 18.6 Å². The molecule has 0 radical (unpaired) electrons. The van der Waals surface area contributed by atoms with Gasteiger partial charge in [-0.25, -0.2) is 0 Å². The van der Waals surface area contributed by atoms with Crippen LogP contribution in [-0.4, -0.2) is 4.57 Å². The minimum Gasteiger partial charge on any atom is -0.456 e. The summed E-state index contributed by atoms with van der Waals surface area (Å²) in [7, 11) is 0. The number of benzene rings is 4. The van der Waals surface area contributed by atoms with Crippen molar-refractivity contribution in [2.75, 3.05) is 4.90 Å². The predicted molar refractivity (Wildman–Crippen MR) is 245 cm³/mol. The van der Waals surface area contributed by atoms with Crippen LogP contribution in [0.2, 0.25) is 0 Å². The van der Waals surface area contributed by atoms with Gasteiger partial charge < -0.3 is 4.74 Å². The molecule has 63 heavy (non-hydrogen) atoms. The Labute approximate surface area is 368 Å². The summed E-state index contributed by atoms with van der Waals surface area (Å²) in [5, 5.41) is 2.66. The summed E-state index contributed by atoms with van der Waals surface area (Å²) in [6, 6.07) is 39.1. The number of pyridine rings is 2. The number of para-hydroxylation sites is 2. The zero-order valence-electron chi connectivity index (χ0n) is 36.4. The lowest BCUT2D eigenvalue weighted by Gasteiger charge is -2.57. The highest BCUT2D eigenvalue weighted by Crippen LogP contribution is 2.68. The van der Waals surface area contributed by atoms with Gasteiger partial charge in [-0.05, 0) is 183 Å². The first-order chi connectivity index (χ1) is 30.8. The highest BCUT2D eigenvalue weighted by molar-refractivity contribution is 6.12. The Hall–Kier alpha value is -5.42. The summed E-state index contributed by atoms with van der Waals surface area (Å²) >= 11 is 0. The van der Waals surface area contributed by atoms with Crippen LogP contribution < -0.4 is 18.8 Å². The Morgan fingerprint density at radius 2 is 1.10 bits per heavy atom. The van der Waals surface area contributed by atoms with Crippen LogP contribution in [0.3, 0.4) is 0 Å². The van der Waals surface area contributed by atoms with Crippen molar-refractivity contribution < 1.29 is 13.9 Å². The lowest BCUT2D eigenvalue weighted by Crippen LogP contribution is -2.76. The third kappa shape index (κ3) is 3.46. The third-order valence-corrected chi connectivity index (χ3v) is 20.3. The molecule has 5 nitrogen and oxygen atoms in total. The molecule has 8 heterocycles. The Balaban J connectivity index is 1.05. The zero-order valence-corrected chi connectivity index (χ0v) is 36.4. The molecular formula is C58H52N4O+2. The van der Waals surface area contributed by atoms with E-state index in [1.54, 1.807) is 11.1 Å². The van der Waals surface area contributed by atoms with E-state index >= 15 is 0 Å². The molecule has 8 aliphatic carbocycles. The molecule has 1 spiro atoms. The SMILES string of the molecule is CC1(C)c2ccccc2N2c3c1ccc1c3C34c5c(ccc6c7ccccc7n(c56)-c5cc(C67CC8CC(CC(C8)C6)C7)cc([n+]53)-c3cc(C56CC7CC(CC(C7)C5)C6)cc2[n+]34)O1. The highest BCUT2D eigenvalue weighted by Gasteiger charge is 2.72. The van der Waals surface area contributed by atoms with Gasteiger partial charge in [0.2, 0.25) is 0 Å². The van der Waals surface area contributed by atoms with E-state index in [1.165, 1.54) is 156 Å². The minimum atomic E-state index is -0.660. The van der Waals surface area contributed by atoms with Gasteiger partial charge in [0, 0.05) is 39.4 Å². The van der Waals surface area contributed by atoms with Crippen LogP contribution in [0.25, 0.3) is 39.0 Å². The second-order valence-corrected chi connectivity index (χ2v) is 23.8. The van der Waals surface area contributed by atoms with E-state index in [0.29, 0.717) is 0 Å². The van der Waals surface area contributed by atoms with Crippen molar-refractivity contribution in [2.24, 2.45) is 35.5 Å². The van der Waals surface area contributed by atoms with Crippen LogP contribution >= 0.6 is 0 Å². The molecule has 20 rings (SSSR count). The number of nitrogens with zero attached hydrogens (tertiary/aromatic N) is 4. The van der Waals surface area contributed by atoms with Gasteiger partial charge >= 0.3 is 5.66 Å². The monoisotopic (exact) mass is 820 g/mol. The van der Waals surface area contributed by atoms with Crippen molar-refractivity contribution in [3.05, 3.63) is 130 Å². The van der Waals surface area contributed by atoms with E-state index in [-0.39, 0.29) is 16.2 Å². The van der Waals surface area contributed by atoms with Crippen molar-refractivity contribution in [3.8, 4) is 28.7 Å². The molecule has 0 N–H and O–H groups in total. The number of hydrogen-bond acceptors (Lipinski definition) is 2. The average molecular weight is 821 g/mol. The fraction of sp³-hybridized carbons (Fsp3) is 0.414. The summed E-state index contributed by atoms with van der Waals surface area (Å²) in [4.78, 5) is 2.73. The lowest BCUT2D eigenvalue weighted by molar-refractivity contribution is -0.932. The van der Waals surface area contributed by atoms with Crippen LogP contribution in [0.1, 0.15) is 124 Å².